The standard InChI is InChI=1S/C27H42N2O2S/c1-16(2)28-25(32)29(17(3)4)24(31)23-10-9-21-20-8-7-18-15-19(30)11-13-26(18,5)22(20)12-14-27(21,23)6/h15-17,20-23H,7-14H2,1-6H3,(H,28,32)/t20-,21-,22-,23+,26-,27-/m0/s1. The van der Waals surface area contributed by atoms with Gasteiger partial charge in [0.15, 0.2) is 10.9 Å². The van der Waals surface area contributed by atoms with Gasteiger partial charge in [0.2, 0.25) is 5.91 Å². The highest BCUT2D eigenvalue weighted by Crippen LogP contribution is 2.66. The molecule has 3 saturated carbocycles. The van der Waals surface area contributed by atoms with Crippen molar-refractivity contribution in [1.82, 2.24) is 10.2 Å². The second-order valence-corrected chi connectivity index (χ2v) is 12.4. The van der Waals surface area contributed by atoms with Gasteiger partial charge in [0.05, 0.1) is 0 Å². The summed E-state index contributed by atoms with van der Waals surface area (Å²) in [5, 5.41) is 3.88. The summed E-state index contributed by atoms with van der Waals surface area (Å²) in [7, 11) is 0. The molecule has 1 amide bonds. The number of thiocarbonyl (C=S) groups is 1. The monoisotopic (exact) mass is 458 g/mol. The second-order valence-electron chi connectivity index (χ2n) is 12.0. The molecular formula is C27H42N2O2S. The minimum atomic E-state index is 0.0560. The summed E-state index contributed by atoms with van der Waals surface area (Å²) in [5.41, 5.74) is 1.66. The van der Waals surface area contributed by atoms with E-state index in [2.05, 4.69) is 46.9 Å². The van der Waals surface area contributed by atoms with Crippen LogP contribution in [0, 0.1) is 34.5 Å². The van der Waals surface area contributed by atoms with E-state index in [9.17, 15) is 9.59 Å². The molecule has 0 aliphatic heterocycles. The third-order valence-electron chi connectivity index (χ3n) is 9.64. The van der Waals surface area contributed by atoms with Gasteiger partial charge in [-0.15, -0.1) is 0 Å². The predicted molar refractivity (Wildman–Crippen MR) is 133 cm³/mol. The molecule has 0 aromatic heterocycles. The Kier molecular flexibility index (Phi) is 6.37. The largest absolute Gasteiger partial charge is 0.360 e. The van der Waals surface area contributed by atoms with Gasteiger partial charge >= 0.3 is 0 Å². The summed E-state index contributed by atoms with van der Waals surface area (Å²) in [4.78, 5) is 27.8. The average Bonchev–Trinajstić information content (AvgIpc) is 3.05. The molecular weight excluding hydrogens is 416 g/mol. The third-order valence-corrected chi connectivity index (χ3v) is 9.96. The Bertz CT molecular complexity index is 834. The number of amides is 1. The highest BCUT2D eigenvalue weighted by molar-refractivity contribution is 7.80. The first kappa shape index (κ1) is 23.9. The Hall–Kier alpha value is -1.23. The van der Waals surface area contributed by atoms with Gasteiger partial charge in [0.1, 0.15) is 0 Å². The van der Waals surface area contributed by atoms with Crippen LogP contribution in [0.2, 0.25) is 0 Å². The number of hydrogen-bond acceptors (Lipinski definition) is 3. The number of nitrogens with one attached hydrogen (secondary N) is 1. The maximum Gasteiger partial charge on any atom is 0.232 e. The number of hydrogen-bond donors (Lipinski definition) is 1. The van der Waals surface area contributed by atoms with E-state index in [0.717, 1.165) is 32.1 Å². The fourth-order valence-corrected chi connectivity index (χ4v) is 8.57. The van der Waals surface area contributed by atoms with Crippen molar-refractivity contribution in [2.45, 2.75) is 105 Å². The lowest BCUT2D eigenvalue weighted by Crippen LogP contribution is -2.55. The lowest BCUT2D eigenvalue weighted by atomic mass is 9.47. The van der Waals surface area contributed by atoms with Crippen LogP contribution in [0.1, 0.15) is 92.9 Å². The number of allylic oxidation sites excluding steroid dienone is 1. The van der Waals surface area contributed by atoms with Crippen LogP contribution < -0.4 is 5.32 Å². The molecule has 0 radical (unpaired) electrons. The fraction of sp³-hybridized carbons (Fsp3) is 0.815. The quantitative estimate of drug-likeness (QED) is 0.555. The summed E-state index contributed by atoms with van der Waals surface area (Å²) in [5.74, 6) is 2.55. The summed E-state index contributed by atoms with van der Waals surface area (Å²) < 4.78 is 0. The van der Waals surface area contributed by atoms with Gasteiger partial charge in [-0.2, -0.15) is 0 Å². The second kappa shape index (κ2) is 8.52. The van der Waals surface area contributed by atoms with Crippen LogP contribution in [-0.2, 0) is 9.59 Å². The van der Waals surface area contributed by atoms with Gasteiger partial charge in [0.25, 0.3) is 0 Å². The summed E-state index contributed by atoms with van der Waals surface area (Å²) in [6.45, 7) is 13.1. The summed E-state index contributed by atoms with van der Waals surface area (Å²) in [6.07, 6.45) is 10.4. The first-order chi connectivity index (χ1) is 15.0. The summed E-state index contributed by atoms with van der Waals surface area (Å²) >= 11 is 5.66. The predicted octanol–water partition coefficient (Wildman–Crippen LogP) is 5.65. The normalized spacial score (nSPS) is 38.6. The molecule has 178 valence electrons. The first-order valence-corrected chi connectivity index (χ1v) is 13.3. The lowest BCUT2D eigenvalue weighted by molar-refractivity contribution is -0.140. The van der Waals surface area contributed by atoms with E-state index in [1.807, 2.05) is 11.0 Å². The number of carbonyl (C=O) groups excluding carboxylic acids is 2. The molecule has 5 heteroatoms. The third kappa shape index (κ3) is 3.76. The zero-order chi connectivity index (χ0) is 23.4. The Morgan fingerprint density at radius 1 is 1.06 bits per heavy atom. The molecule has 0 unspecified atom stereocenters. The number of nitrogens with zero attached hydrogens (tertiary/aromatic N) is 1. The lowest BCUT2D eigenvalue weighted by Gasteiger charge is -2.58. The molecule has 0 saturated heterocycles. The maximum absolute atomic E-state index is 13.9. The van der Waals surface area contributed by atoms with Crippen molar-refractivity contribution in [3.63, 3.8) is 0 Å². The summed E-state index contributed by atoms with van der Waals surface area (Å²) in [6, 6.07) is 0.271. The maximum atomic E-state index is 13.9. The number of carbonyl (C=O) groups is 2. The molecule has 0 aromatic rings. The molecule has 0 bridgehead atoms. The number of ketones is 1. The van der Waals surface area contributed by atoms with Crippen molar-refractivity contribution in [1.29, 1.82) is 0 Å². The Labute approximate surface area is 200 Å². The molecule has 4 aliphatic rings. The van der Waals surface area contributed by atoms with Gasteiger partial charge in [-0.1, -0.05) is 19.4 Å². The van der Waals surface area contributed by atoms with Crippen LogP contribution in [0.5, 0.6) is 0 Å². The molecule has 0 aromatic carbocycles. The molecule has 32 heavy (non-hydrogen) atoms. The van der Waals surface area contributed by atoms with Gasteiger partial charge in [-0.25, -0.2) is 0 Å². The van der Waals surface area contributed by atoms with E-state index in [1.165, 1.54) is 18.4 Å². The van der Waals surface area contributed by atoms with E-state index in [1.54, 1.807) is 0 Å². The smallest absolute Gasteiger partial charge is 0.232 e. The zero-order valence-corrected chi connectivity index (χ0v) is 21.7. The molecule has 3 fully saturated rings. The van der Waals surface area contributed by atoms with Crippen molar-refractivity contribution in [3.8, 4) is 0 Å². The Morgan fingerprint density at radius 2 is 1.78 bits per heavy atom. The SMILES string of the molecule is CC(C)NC(=S)N(C(=O)[C@H]1CC[C@H]2[C@@H]3CCC4=CC(=O)CC[C@]4(C)[C@H]3CC[C@]12C)C(C)C. The van der Waals surface area contributed by atoms with Crippen LogP contribution in [0.3, 0.4) is 0 Å². The van der Waals surface area contributed by atoms with Crippen molar-refractivity contribution in [2.75, 3.05) is 0 Å². The minimum absolute atomic E-state index is 0.0560. The number of fused-ring (bicyclic) bond motifs is 5. The van der Waals surface area contributed by atoms with Crippen LogP contribution in [-0.4, -0.2) is 33.8 Å². The van der Waals surface area contributed by atoms with Gasteiger partial charge < -0.3 is 5.32 Å². The van der Waals surface area contributed by atoms with E-state index in [0.29, 0.717) is 35.1 Å². The topological polar surface area (TPSA) is 49.4 Å². The number of rotatable bonds is 3. The van der Waals surface area contributed by atoms with Gasteiger partial charge in [-0.05, 0) is 120 Å². The molecule has 4 rings (SSSR count). The molecule has 1 N–H and O–H groups in total. The van der Waals surface area contributed by atoms with E-state index in [-0.39, 0.29) is 34.7 Å². The van der Waals surface area contributed by atoms with E-state index in [4.69, 9.17) is 12.2 Å². The molecule has 0 heterocycles. The molecule has 4 aliphatic carbocycles. The highest BCUT2D eigenvalue weighted by atomic mass is 32.1. The van der Waals surface area contributed by atoms with Crippen LogP contribution in [0.4, 0.5) is 0 Å². The van der Waals surface area contributed by atoms with Crippen LogP contribution in [0.15, 0.2) is 11.6 Å². The van der Waals surface area contributed by atoms with Gasteiger partial charge in [-0.3, -0.25) is 14.5 Å². The minimum Gasteiger partial charge on any atom is -0.360 e. The Morgan fingerprint density at radius 3 is 2.44 bits per heavy atom. The van der Waals surface area contributed by atoms with Crippen LogP contribution >= 0.6 is 12.2 Å². The molecule has 0 spiro atoms. The van der Waals surface area contributed by atoms with E-state index < -0.39 is 0 Å². The fourth-order valence-electron chi connectivity index (χ4n) is 8.04. The van der Waals surface area contributed by atoms with Gasteiger partial charge in [0, 0.05) is 24.4 Å². The zero-order valence-electron chi connectivity index (χ0n) is 20.9. The van der Waals surface area contributed by atoms with Crippen molar-refractivity contribution in [3.05, 3.63) is 11.6 Å². The molecule has 6 atom stereocenters. The van der Waals surface area contributed by atoms with Crippen molar-refractivity contribution >= 4 is 29.0 Å². The first-order valence-electron chi connectivity index (χ1n) is 12.9. The Balaban J connectivity index is 1.58. The average molecular weight is 459 g/mol. The molecule has 4 nitrogen and oxygen atoms in total. The van der Waals surface area contributed by atoms with Crippen molar-refractivity contribution in [2.24, 2.45) is 34.5 Å². The van der Waals surface area contributed by atoms with E-state index >= 15 is 0 Å². The van der Waals surface area contributed by atoms with Crippen molar-refractivity contribution < 1.29 is 9.59 Å². The highest BCUT2D eigenvalue weighted by Gasteiger charge is 2.60. The van der Waals surface area contributed by atoms with Crippen LogP contribution in [0.25, 0.3) is 0 Å².